The van der Waals surface area contributed by atoms with Gasteiger partial charge in [-0.1, -0.05) is 49.4 Å². The zero-order valence-corrected chi connectivity index (χ0v) is 13.3. The van der Waals surface area contributed by atoms with Crippen LogP contribution in [0.15, 0.2) is 29.2 Å². The smallest absolute Gasteiger partial charge is 0.108 e. The van der Waals surface area contributed by atoms with Crippen LogP contribution in [0.3, 0.4) is 0 Å². The third kappa shape index (κ3) is 2.71. The van der Waals surface area contributed by atoms with Crippen molar-refractivity contribution < 1.29 is 0 Å². The molecule has 3 heteroatoms. The van der Waals surface area contributed by atoms with Gasteiger partial charge in [0.05, 0.1) is 11.1 Å². The van der Waals surface area contributed by atoms with Gasteiger partial charge in [0.25, 0.3) is 0 Å². The number of hydrogen-bond acceptors (Lipinski definition) is 2. The number of halogens is 1. The summed E-state index contributed by atoms with van der Waals surface area (Å²) in [6, 6.07) is 10.5. The molecule has 2 aliphatic carbocycles. The quantitative estimate of drug-likeness (QED) is 0.686. The molecule has 0 amide bonds. The molecule has 3 rings (SSSR count). The fourth-order valence-corrected chi connectivity index (χ4v) is 5.69. The van der Waals surface area contributed by atoms with E-state index in [2.05, 4.69) is 6.07 Å². The highest BCUT2D eigenvalue weighted by Gasteiger charge is 2.55. The molecule has 2 saturated carbocycles. The minimum Gasteiger partial charge on any atom is -0.197 e. The van der Waals surface area contributed by atoms with Gasteiger partial charge in [0.2, 0.25) is 0 Å². The number of hydrogen-bond donors (Lipinski definition) is 0. The van der Waals surface area contributed by atoms with Crippen LogP contribution in [-0.4, -0.2) is 4.75 Å². The minimum absolute atomic E-state index is 0.241. The number of benzene rings is 1. The SMILES string of the molecule is N#CC1(Sc2ccccc2Cl)CC2(CCCCCC2)C1. The zero-order valence-electron chi connectivity index (χ0n) is 11.7. The minimum atomic E-state index is -0.241. The highest BCUT2D eigenvalue weighted by molar-refractivity contribution is 8.01. The number of thioether (sulfide) groups is 1. The average molecular weight is 306 g/mol. The van der Waals surface area contributed by atoms with Gasteiger partial charge in [-0.25, -0.2) is 0 Å². The molecule has 106 valence electrons. The van der Waals surface area contributed by atoms with Gasteiger partial charge in [-0.3, -0.25) is 0 Å². The molecule has 0 bridgehead atoms. The van der Waals surface area contributed by atoms with Crippen molar-refractivity contribution in [3.05, 3.63) is 29.3 Å². The summed E-state index contributed by atoms with van der Waals surface area (Å²) in [5.74, 6) is 0. The second kappa shape index (κ2) is 5.62. The van der Waals surface area contributed by atoms with Crippen LogP contribution in [0.5, 0.6) is 0 Å². The summed E-state index contributed by atoms with van der Waals surface area (Å²) in [6.07, 6.45) is 10.2. The van der Waals surface area contributed by atoms with E-state index in [1.165, 1.54) is 38.5 Å². The monoisotopic (exact) mass is 305 g/mol. The van der Waals surface area contributed by atoms with Gasteiger partial charge in [-0.05, 0) is 43.2 Å². The van der Waals surface area contributed by atoms with E-state index in [0.29, 0.717) is 5.41 Å². The third-order valence-corrected chi connectivity index (χ3v) is 6.62. The summed E-state index contributed by atoms with van der Waals surface area (Å²) < 4.78 is -0.241. The number of nitrogens with zero attached hydrogens (tertiary/aromatic N) is 1. The maximum Gasteiger partial charge on any atom is 0.108 e. The maximum absolute atomic E-state index is 9.66. The third-order valence-electron chi connectivity index (χ3n) is 4.83. The van der Waals surface area contributed by atoms with E-state index in [0.717, 1.165) is 22.8 Å². The molecule has 1 aromatic carbocycles. The molecule has 0 aliphatic heterocycles. The van der Waals surface area contributed by atoms with Gasteiger partial charge < -0.3 is 0 Å². The molecule has 0 atom stereocenters. The molecule has 0 radical (unpaired) electrons. The van der Waals surface area contributed by atoms with Crippen LogP contribution in [0.2, 0.25) is 5.02 Å². The van der Waals surface area contributed by atoms with E-state index in [4.69, 9.17) is 11.6 Å². The Bertz CT molecular complexity index is 518. The van der Waals surface area contributed by atoms with Crippen molar-refractivity contribution in [2.75, 3.05) is 0 Å². The zero-order chi connectivity index (χ0) is 14.1. The van der Waals surface area contributed by atoms with Crippen molar-refractivity contribution in [3.8, 4) is 6.07 Å². The van der Waals surface area contributed by atoms with Crippen molar-refractivity contribution in [2.45, 2.75) is 61.0 Å². The van der Waals surface area contributed by atoms with Crippen molar-refractivity contribution >= 4 is 23.4 Å². The Morgan fingerprint density at radius 3 is 2.30 bits per heavy atom. The number of nitriles is 1. The first-order chi connectivity index (χ1) is 9.67. The Balaban J connectivity index is 1.73. The highest BCUT2D eigenvalue weighted by atomic mass is 35.5. The van der Waals surface area contributed by atoms with E-state index < -0.39 is 0 Å². The first-order valence-electron chi connectivity index (χ1n) is 7.52. The van der Waals surface area contributed by atoms with Crippen LogP contribution in [0, 0.1) is 16.7 Å². The molecule has 1 nitrogen and oxygen atoms in total. The summed E-state index contributed by atoms with van der Waals surface area (Å²) in [4.78, 5) is 1.05. The normalized spacial score (nSPS) is 23.6. The van der Waals surface area contributed by atoms with E-state index in [9.17, 15) is 5.26 Å². The van der Waals surface area contributed by atoms with Crippen molar-refractivity contribution in [3.63, 3.8) is 0 Å². The molecular weight excluding hydrogens is 286 g/mol. The molecule has 0 saturated heterocycles. The lowest BCUT2D eigenvalue weighted by Gasteiger charge is -2.52. The molecule has 1 spiro atoms. The topological polar surface area (TPSA) is 23.8 Å². The van der Waals surface area contributed by atoms with Crippen LogP contribution >= 0.6 is 23.4 Å². The first kappa shape index (κ1) is 14.3. The largest absolute Gasteiger partial charge is 0.197 e. The van der Waals surface area contributed by atoms with Crippen molar-refractivity contribution in [2.24, 2.45) is 5.41 Å². The van der Waals surface area contributed by atoms with Crippen LogP contribution in [-0.2, 0) is 0 Å². The summed E-state index contributed by atoms with van der Waals surface area (Å²) in [5, 5.41) is 10.4. The molecule has 0 N–H and O–H groups in total. The van der Waals surface area contributed by atoms with Gasteiger partial charge in [-0.2, -0.15) is 5.26 Å². The molecule has 20 heavy (non-hydrogen) atoms. The number of rotatable bonds is 2. The van der Waals surface area contributed by atoms with Gasteiger partial charge in [0.1, 0.15) is 4.75 Å². The lowest BCUT2D eigenvalue weighted by atomic mass is 9.58. The predicted molar refractivity (Wildman–Crippen MR) is 85.0 cm³/mol. The van der Waals surface area contributed by atoms with Gasteiger partial charge in [0, 0.05) is 4.90 Å². The molecular formula is C17H20ClNS. The molecule has 0 unspecified atom stereocenters. The first-order valence-corrected chi connectivity index (χ1v) is 8.71. The van der Waals surface area contributed by atoms with E-state index in [1.807, 2.05) is 24.3 Å². The van der Waals surface area contributed by atoms with Crippen LogP contribution in [0.1, 0.15) is 51.4 Å². The lowest BCUT2D eigenvalue weighted by Crippen LogP contribution is -2.48. The van der Waals surface area contributed by atoms with Gasteiger partial charge in [0.15, 0.2) is 0 Å². The summed E-state index contributed by atoms with van der Waals surface area (Å²) in [5.41, 5.74) is 0.459. The van der Waals surface area contributed by atoms with E-state index in [-0.39, 0.29) is 4.75 Å². The van der Waals surface area contributed by atoms with Gasteiger partial charge in [-0.15, -0.1) is 11.8 Å². The molecule has 2 fully saturated rings. The fraction of sp³-hybridized carbons (Fsp3) is 0.588. The Hall–Kier alpha value is -0.650. The molecule has 0 aromatic heterocycles. The molecule has 0 heterocycles. The van der Waals surface area contributed by atoms with Crippen LogP contribution in [0.4, 0.5) is 0 Å². The summed E-state index contributed by atoms with van der Waals surface area (Å²) in [7, 11) is 0. The van der Waals surface area contributed by atoms with Crippen molar-refractivity contribution in [1.29, 1.82) is 5.26 Å². The van der Waals surface area contributed by atoms with Crippen LogP contribution < -0.4 is 0 Å². The van der Waals surface area contributed by atoms with Gasteiger partial charge >= 0.3 is 0 Å². The Kier molecular flexibility index (Phi) is 4.02. The second-order valence-electron chi connectivity index (χ2n) is 6.41. The Morgan fingerprint density at radius 1 is 1.05 bits per heavy atom. The van der Waals surface area contributed by atoms with Crippen LogP contribution in [0.25, 0.3) is 0 Å². The lowest BCUT2D eigenvalue weighted by molar-refractivity contribution is 0.0882. The average Bonchev–Trinajstić information content (AvgIpc) is 2.66. The van der Waals surface area contributed by atoms with E-state index in [1.54, 1.807) is 11.8 Å². The summed E-state index contributed by atoms with van der Waals surface area (Å²) >= 11 is 7.93. The molecule has 2 aliphatic rings. The highest BCUT2D eigenvalue weighted by Crippen LogP contribution is 2.62. The predicted octanol–water partition coefficient (Wildman–Crippen LogP) is 5.83. The Morgan fingerprint density at radius 2 is 1.70 bits per heavy atom. The standard InChI is InChI=1S/C17H20ClNS/c18-14-7-3-4-8-15(14)20-17(13-19)11-16(12-17)9-5-1-2-6-10-16/h3-4,7-8H,1-2,5-6,9-12H2. The Labute approximate surface area is 130 Å². The van der Waals surface area contributed by atoms with E-state index >= 15 is 0 Å². The summed E-state index contributed by atoms with van der Waals surface area (Å²) in [6.45, 7) is 0. The molecule has 1 aromatic rings. The fourth-order valence-electron chi connectivity index (χ4n) is 3.90. The van der Waals surface area contributed by atoms with Crippen molar-refractivity contribution in [1.82, 2.24) is 0 Å². The second-order valence-corrected chi connectivity index (χ2v) is 8.24. The maximum atomic E-state index is 9.66.